The number of hydrogen-bond donors (Lipinski definition) is 1. The Morgan fingerprint density at radius 1 is 1.29 bits per heavy atom. The van der Waals surface area contributed by atoms with Crippen LogP contribution in [0.5, 0.6) is 0 Å². The third kappa shape index (κ3) is 5.68. The first kappa shape index (κ1) is 18.1. The molecule has 1 atom stereocenters. The number of carbonyl (C=O) groups is 1. The molecule has 0 bridgehead atoms. The number of halogens is 1. The van der Waals surface area contributed by atoms with Crippen molar-refractivity contribution >= 4 is 29.3 Å². The number of nitrogens with zero attached hydrogens (tertiary/aromatic N) is 1. The van der Waals surface area contributed by atoms with Crippen LogP contribution < -0.4 is 5.32 Å². The summed E-state index contributed by atoms with van der Waals surface area (Å²) in [6.07, 6.45) is 5.90. The molecule has 2 aliphatic rings. The summed E-state index contributed by atoms with van der Waals surface area (Å²) in [5.74, 6) is 2.29. The highest BCUT2D eigenvalue weighted by Crippen LogP contribution is 2.28. The minimum Gasteiger partial charge on any atom is -0.356 e. The largest absolute Gasteiger partial charge is 0.356 e. The van der Waals surface area contributed by atoms with Gasteiger partial charge in [0.15, 0.2) is 0 Å². The fourth-order valence-corrected chi connectivity index (χ4v) is 4.39. The summed E-state index contributed by atoms with van der Waals surface area (Å²) in [5, 5.41) is 3.99. The molecule has 3 nitrogen and oxygen atoms in total. The minimum atomic E-state index is 0.189. The van der Waals surface area contributed by atoms with Gasteiger partial charge in [-0.25, -0.2) is 0 Å². The van der Waals surface area contributed by atoms with E-state index < -0.39 is 0 Å². The van der Waals surface area contributed by atoms with Crippen LogP contribution in [0.15, 0.2) is 29.2 Å². The Kier molecular flexibility index (Phi) is 6.87. The molecule has 1 unspecified atom stereocenters. The van der Waals surface area contributed by atoms with Gasteiger partial charge in [-0.3, -0.25) is 4.79 Å². The smallest absolute Gasteiger partial charge is 0.224 e. The Morgan fingerprint density at radius 2 is 2.12 bits per heavy atom. The lowest BCUT2D eigenvalue weighted by Gasteiger charge is -2.32. The molecule has 24 heavy (non-hydrogen) atoms. The fraction of sp³-hybridized carbons (Fsp3) is 0.632. The fourth-order valence-electron chi connectivity index (χ4n) is 3.22. The predicted molar refractivity (Wildman–Crippen MR) is 102 cm³/mol. The molecule has 132 valence electrons. The number of benzene rings is 1. The molecular formula is C19H27ClN2OS. The number of likely N-dealkylation sites (tertiary alicyclic amines) is 1. The normalized spacial score (nSPS) is 21.6. The monoisotopic (exact) mass is 366 g/mol. The van der Waals surface area contributed by atoms with E-state index in [4.69, 9.17) is 11.6 Å². The Hall–Kier alpha value is -0.710. The Labute approximate surface area is 154 Å². The van der Waals surface area contributed by atoms with E-state index >= 15 is 0 Å². The van der Waals surface area contributed by atoms with Crippen LogP contribution in [-0.2, 0) is 4.79 Å². The Balaban J connectivity index is 1.34. The average Bonchev–Trinajstić information content (AvgIpc) is 3.43. The van der Waals surface area contributed by atoms with E-state index in [-0.39, 0.29) is 11.8 Å². The highest BCUT2D eigenvalue weighted by molar-refractivity contribution is 7.99. The summed E-state index contributed by atoms with van der Waals surface area (Å²) < 4.78 is 0. The molecule has 5 heteroatoms. The number of carbonyl (C=O) groups excluding carboxylic acids is 1. The summed E-state index contributed by atoms with van der Waals surface area (Å²) >= 11 is 8.01. The number of hydrogen-bond acceptors (Lipinski definition) is 3. The number of piperidine rings is 1. The van der Waals surface area contributed by atoms with Crippen molar-refractivity contribution < 1.29 is 4.79 Å². The van der Waals surface area contributed by atoms with E-state index in [0.29, 0.717) is 0 Å². The van der Waals surface area contributed by atoms with Crippen LogP contribution in [0.25, 0.3) is 0 Å². The van der Waals surface area contributed by atoms with Crippen molar-refractivity contribution in [2.45, 2.75) is 37.0 Å². The average molecular weight is 367 g/mol. The van der Waals surface area contributed by atoms with Gasteiger partial charge in [-0.2, -0.15) is 0 Å². The van der Waals surface area contributed by atoms with Gasteiger partial charge >= 0.3 is 0 Å². The maximum atomic E-state index is 12.3. The third-order valence-electron chi connectivity index (χ3n) is 4.85. The second kappa shape index (κ2) is 9.12. The highest BCUT2D eigenvalue weighted by atomic mass is 35.5. The molecule has 1 N–H and O–H groups in total. The lowest BCUT2D eigenvalue weighted by Crippen LogP contribution is -2.43. The number of rotatable bonds is 8. The minimum absolute atomic E-state index is 0.189. The molecule has 0 radical (unpaired) electrons. The van der Waals surface area contributed by atoms with Gasteiger partial charge in [-0.15, -0.1) is 11.8 Å². The molecule has 0 aromatic heterocycles. The van der Waals surface area contributed by atoms with Gasteiger partial charge in [0.25, 0.3) is 0 Å². The van der Waals surface area contributed by atoms with Crippen LogP contribution in [0.3, 0.4) is 0 Å². The molecule has 1 saturated carbocycles. The first-order valence-corrected chi connectivity index (χ1v) is 10.5. The molecule has 1 aliphatic heterocycles. The van der Waals surface area contributed by atoms with Crippen molar-refractivity contribution in [1.29, 1.82) is 0 Å². The molecule has 1 amide bonds. The zero-order valence-electron chi connectivity index (χ0n) is 14.2. The molecule has 1 aliphatic carbocycles. The van der Waals surface area contributed by atoms with Gasteiger partial charge in [0, 0.05) is 18.0 Å². The first-order valence-electron chi connectivity index (χ1n) is 9.10. The van der Waals surface area contributed by atoms with E-state index in [1.165, 1.54) is 12.8 Å². The van der Waals surface area contributed by atoms with Gasteiger partial charge in [-0.1, -0.05) is 23.7 Å². The maximum Gasteiger partial charge on any atom is 0.224 e. The quantitative estimate of drug-likeness (QED) is 0.556. The van der Waals surface area contributed by atoms with Gasteiger partial charge in [-0.05, 0) is 69.0 Å². The molecule has 1 saturated heterocycles. The molecule has 0 spiro atoms. The van der Waals surface area contributed by atoms with Crippen molar-refractivity contribution in [3.8, 4) is 0 Å². The van der Waals surface area contributed by atoms with Crippen molar-refractivity contribution in [2.24, 2.45) is 11.8 Å². The number of amides is 1. The van der Waals surface area contributed by atoms with Crippen LogP contribution in [0.2, 0.25) is 5.02 Å². The van der Waals surface area contributed by atoms with Crippen LogP contribution in [-0.4, -0.2) is 42.7 Å². The van der Waals surface area contributed by atoms with Gasteiger partial charge in [0.1, 0.15) is 0 Å². The van der Waals surface area contributed by atoms with E-state index in [1.807, 2.05) is 30.0 Å². The third-order valence-corrected chi connectivity index (χ3v) is 6.45. The lowest BCUT2D eigenvalue weighted by atomic mass is 9.97. The molecule has 2 fully saturated rings. The van der Waals surface area contributed by atoms with Gasteiger partial charge in [0.2, 0.25) is 5.91 Å². The summed E-state index contributed by atoms with van der Waals surface area (Å²) in [5.41, 5.74) is 0. The zero-order valence-corrected chi connectivity index (χ0v) is 15.7. The number of nitrogens with one attached hydrogen (secondary N) is 1. The van der Waals surface area contributed by atoms with Crippen LogP contribution in [0, 0.1) is 11.8 Å². The number of thioether (sulfide) groups is 1. The van der Waals surface area contributed by atoms with Gasteiger partial charge < -0.3 is 10.2 Å². The lowest BCUT2D eigenvalue weighted by molar-refractivity contribution is -0.126. The SMILES string of the molecule is O=C(NCC1CC1)C1CCCN(CCCSc2ccccc2Cl)C1. The highest BCUT2D eigenvalue weighted by Gasteiger charge is 2.27. The van der Waals surface area contributed by atoms with Gasteiger partial charge in [0.05, 0.1) is 10.9 Å². The summed E-state index contributed by atoms with van der Waals surface area (Å²) in [4.78, 5) is 15.9. The van der Waals surface area contributed by atoms with E-state index in [9.17, 15) is 4.79 Å². The predicted octanol–water partition coefficient (Wildman–Crippen LogP) is 4.06. The second-order valence-electron chi connectivity index (χ2n) is 6.96. The second-order valence-corrected chi connectivity index (χ2v) is 8.50. The Bertz CT molecular complexity index is 550. The molecule has 1 aromatic carbocycles. The summed E-state index contributed by atoms with van der Waals surface area (Å²) in [6, 6.07) is 8.02. The van der Waals surface area contributed by atoms with E-state index in [2.05, 4.69) is 16.3 Å². The van der Waals surface area contributed by atoms with Crippen molar-refractivity contribution in [1.82, 2.24) is 10.2 Å². The zero-order chi connectivity index (χ0) is 16.8. The first-order chi connectivity index (χ1) is 11.7. The van der Waals surface area contributed by atoms with Crippen LogP contribution in [0.1, 0.15) is 32.1 Å². The molecule has 1 heterocycles. The van der Waals surface area contributed by atoms with Crippen molar-refractivity contribution in [3.63, 3.8) is 0 Å². The van der Waals surface area contributed by atoms with Crippen molar-refractivity contribution in [2.75, 3.05) is 31.9 Å². The Morgan fingerprint density at radius 3 is 2.92 bits per heavy atom. The summed E-state index contributed by atoms with van der Waals surface area (Å²) in [6.45, 7) is 4.02. The van der Waals surface area contributed by atoms with E-state index in [0.717, 1.165) is 67.0 Å². The van der Waals surface area contributed by atoms with E-state index in [1.54, 1.807) is 0 Å². The maximum absolute atomic E-state index is 12.3. The van der Waals surface area contributed by atoms with Crippen molar-refractivity contribution in [3.05, 3.63) is 29.3 Å². The standard InChI is InChI=1S/C19H27ClN2OS/c20-17-6-1-2-7-18(17)24-12-4-11-22-10-3-5-16(14-22)19(23)21-13-15-8-9-15/h1-2,6-7,15-16H,3-5,8-14H2,(H,21,23). The van der Waals surface area contributed by atoms with Crippen LogP contribution >= 0.6 is 23.4 Å². The molecular weight excluding hydrogens is 340 g/mol. The molecule has 1 aromatic rings. The molecule has 3 rings (SSSR count). The topological polar surface area (TPSA) is 32.3 Å². The van der Waals surface area contributed by atoms with Crippen LogP contribution in [0.4, 0.5) is 0 Å². The summed E-state index contributed by atoms with van der Waals surface area (Å²) in [7, 11) is 0.